The first-order chi connectivity index (χ1) is 8.50. The number of likely N-dealkylation sites (N-methyl/N-ethyl adjacent to an activating group) is 1. The topological polar surface area (TPSA) is 15.3 Å². The highest BCUT2D eigenvalue weighted by Gasteiger charge is 2.24. The van der Waals surface area contributed by atoms with Crippen LogP contribution < -0.4 is 5.32 Å². The van der Waals surface area contributed by atoms with Crippen molar-refractivity contribution in [1.82, 2.24) is 10.2 Å². The lowest BCUT2D eigenvalue weighted by Crippen LogP contribution is -2.47. The van der Waals surface area contributed by atoms with Crippen LogP contribution in [0.4, 0.5) is 0 Å². The zero-order chi connectivity index (χ0) is 13.2. The van der Waals surface area contributed by atoms with Gasteiger partial charge in [0.15, 0.2) is 0 Å². The minimum Gasteiger partial charge on any atom is -0.308 e. The minimum atomic E-state index is 0.201. The van der Waals surface area contributed by atoms with Gasteiger partial charge in [-0.15, -0.1) is 0 Å². The van der Waals surface area contributed by atoms with Crippen molar-refractivity contribution in [1.29, 1.82) is 0 Å². The van der Waals surface area contributed by atoms with E-state index >= 15 is 0 Å². The van der Waals surface area contributed by atoms with E-state index in [0.29, 0.717) is 6.04 Å². The Morgan fingerprint density at radius 1 is 1.28 bits per heavy atom. The number of fused-ring (bicyclic) bond motifs is 1. The van der Waals surface area contributed by atoms with Gasteiger partial charge in [-0.2, -0.15) is 0 Å². The number of nitrogens with one attached hydrogen (secondary N) is 1. The van der Waals surface area contributed by atoms with Gasteiger partial charge in [0.25, 0.3) is 0 Å². The predicted octanol–water partition coefficient (Wildman–Crippen LogP) is 2.99. The number of nitrogens with zero attached hydrogens (tertiary/aromatic N) is 1. The molecule has 0 bridgehead atoms. The first-order valence-corrected chi connectivity index (χ1v) is 6.99. The summed E-state index contributed by atoms with van der Waals surface area (Å²) in [6.45, 7) is 5.60. The summed E-state index contributed by atoms with van der Waals surface area (Å²) in [6.07, 6.45) is 3.81. The summed E-state index contributed by atoms with van der Waals surface area (Å²) in [5.41, 5.74) is 3.24. The van der Waals surface area contributed by atoms with E-state index in [-0.39, 0.29) is 5.54 Å². The van der Waals surface area contributed by atoms with Gasteiger partial charge in [0.1, 0.15) is 0 Å². The minimum absolute atomic E-state index is 0.201. The average molecular weight is 246 g/mol. The van der Waals surface area contributed by atoms with E-state index < -0.39 is 0 Å². The number of benzene rings is 1. The second-order valence-electron chi connectivity index (χ2n) is 6.23. The van der Waals surface area contributed by atoms with Gasteiger partial charge in [-0.25, -0.2) is 0 Å². The predicted molar refractivity (Wildman–Crippen MR) is 77.9 cm³/mol. The monoisotopic (exact) mass is 246 g/mol. The van der Waals surface area contributed by atoms with Crippen molar-refractivity contribution >= 4 is 0 Å². The Kier molecular flexibility index (Phi) is 4.08. The van der Waals surface area contributed by atoms with Crippen LogP contribution in [0.3, 0.4) is 0 Å². The summed E-state index contributed by atoms with van der Waals surface area (Å²) in [5.74, 6) is 0. The second kappa shape index (κ2) is 5.41. The number of aryl methyl sites for hydroxylation is 1. The molecule has 1 aromatic carbocycles. The summed E-state index contributed by atoms with van der Waals surface area (Å²) >= 11 is 0. The molecule has 1 atom stereocenters. The Hall–Kier alpha value is -0.860. The number of hydrogen-bond acceptors (Lipinski definition) is 2. The summed E-state index contributed by atoms with van der Waals surface area (Å²) in [5, 5.41) is 3.76. The first-order valence-electron chi connectivity index (χ1n) is 6.99. The molecule has 0 radical (unpaired) electrons. The van der Waals surface area contributed by atoms with Crippen LogP contribution >= 0.6 is 0 Å². The molecule has 18 heavy (non-hydrogen) atoms. The Balaban J connectivity index is 2.04. The number of hydrogen-bond donors (Lipinski definition) is 1. The van der Waals surface area contributed by atoms with Gasteiger partial charge in [-0.05, 0) is 58.3 Å². The molecule has 0 aromatic heterocycles. The third-order valence-electron chi connectivity index (χ3n) is 4.36. The molecule has 1 unspecified atom stereocenters. The van der Waals surface area contributed by atoms with Crippen LogP contribution in [-0.2, 0) is 6.42 Å². The van der Waals surface area contributed by atoms with Crippen molar-refractivity contribution in [3.63, 3.8) is 0 Å². The molecule has 0 heterocycles. The molecule has 0 spiro atoms. The molecule has 2 nitrogen and oxygen atoms in total. The maximum atomic E-state index is 3.76. The fourth-order valence-electron chi connectivity index (χ4n) is 2.50. The third-order valence-corrected chi connectivity index (χ3v) is 4.36. The Labute approximate surface area is 111 Å². The lowest BCUT2D eigenvalue weighted by Gasteiger charge is -2.36. The smallest absolute Gasteiger partial charge is 0.0323 e. The van der Waals surface area contributed by atoms with Crippen LogP contribution in [0.25, 0.3) is 0 Å². The van der Waals surface area contributed by atoms with Gasteiger partial charge in [-0.1, -0.05) is 24.3 Å². The zero-order valence-electron chi connectivity index (χ0n) is 12.2. The van der Waals surface area contributed by atoms with E-state index in [1.54, 1.807) is 0 Å². The summed E-state index contributed by atoms with van der Waals surface area (Å²) in [6, 6.07) is 9.42. The molecule has 0 saturated heterocycles. The highest BCUT2D eigenvalue weighted by molar-refractivity contribution is 5.32. The van der Waals surface area contributed by atoms with Crippen molar-refractivity contribution in [2.24, 2.45) is 0 Å². The van der Waals surface area contributed by atoms with E-state index in [1.165, 1.54) is 30.4 Å². The molecule has 0 aliphatic heterocycles. The van der Waals surface area contributed by atoms with Gasteiger partial charge < -0.3 is 10.2 Å². The van der Waals surface area contributed by atoms with Crippen LogP contribution in [0, 0.1) is 0 Å². The van der Waals surface area contributed by atoms with E-state index in [9.17, 15) is 0 Å². The third kappa shape index (κ3) is 2.93. The van der Waals surface area contributed by atoms with Gasteiger partial charge >= 0.3 is 0 Å². The highest BCUT2D eigenvalue weighted by atomic mass is 15.2. The van der Waals surface area contributed by atoms with Gasteiger partial charge in [-0.3, -0.25) is 0 Å². The average Bonchev–Trinajstić information content (AvgIpc) is 2.36. The molecular formula is C16H26N2. The molecule has 1 aliphatic rings. The molecule has 0 saturated carbocycles. The molecule has 1 aliphatic carbocycles. The molecule has 2 heteroatoms. The summed E-state index contributed by atoms with van der Waals surface area (Å²) in [4.78, 5) is 2.29. The van der Waals surface area contributed by atoms with Gasteiger partial charge in [0.2, 0.25) is 0 Å². The standard InChI is InChI=1S/C16H26N2/c1-16(2,18(3)4)12-17-15-11-7-9-13-8-5-6-10-14(13)15/h5-6,8,10,15,17H,7,9,11-12H2,1-4H3. The van der Waals surface area contributed by atoms with E-state index in [0.717, 1.165) is 6.54 Å². The zero-order valence-corrected chi connectivity index (χ0v) is 12.2. The molecular weight excluding hydrogens is 220 g/mol. The lowest BCUT2D eigenvalue weighted by molar-refractivity contribution is 0.182. The van der Waals surface area contributed by atoms with Gasteiger partial charge in [0, 0.05) is 18.1 Å². The molecule has 1 aromatic rings. The lowest BCUT2D eigenvalue weighted by atomic mass is 9.87. The quantitative estimate of drug-likeness (QED) is 0.878. The summed E-state index contributed by atoms with van der Waals surface area (Å²) < 4.78 is 0. The molecule has 100 valence electrons. The maximum absolute atomic E-state index is 3.76. The van der Waals surface area contributed by atoms with E-state index in [1.807, 2.05) is 0 Å². The largest absolute Gasteiger partial charge is 0.308 e. The Morgan fingerprint density at radius 3 is 2.72 bits per heavy atom. The Morgan fingerprint density at radius 2 is 2.00 bits per heavy atom. The van der Waals surface area contributed by atoms with Crippen LogP contribution in [0.5, 0.6) is 0 Å². The van der Waals surface area contributed by atoms with E-state index in [2.05, 4.69) is 62.4 Å². The van der Waals surface area contributed by atoms with Crippen LogP contribution in [0.15, 0.2) is 24.3 Å². The molecule has 1 N–H and O–H groups in total. The normalized spacial score (nSPS) is 19.9. The van der Waals surface area contributed by atoms with Crippen molar-refractivity contribution in [3.8, 4) is 0 Å². The van der Waals surface area contributed by atoms with Crippen molar-refractivity contribution < 1.29 is 0 Å². The molecule has 0 amide bonds. The fraction of sp³-hybridized carbons (Fsp3) is 0.625. The maximum Gasteiger partial charge on any atom is 0.0323 e. The van der Waals surface area contributed by atoms with Crippen molar-refractivity contribution in [3.05, 3.63) is 35.4 Å². The highest BCUT2D eigenvalue weighted by Crippen LogP contribution is 2.29. The molecule has 0 fully saturated rings. The van der Waals surface area contributed by atoms with Gasteiger partial charge in [0.05, 0.1) is 0 Å². The first kappa shape index (κ1) is 13.6. The van der Waals surface area contributed by atoms with Crippen LogP contribution in [0.1, 0.15) is 43.9 Å². The van der Waals surface area contributed by atoms with Crippen molar-refractivity contribution in [2.45, 2.75) is 44.7 Å². The Bertz CT molecular complexity index is 396. The van der Waals surface area contributed by atoms with Crippen molar-refractivity contribution in [2.75, 3.05) is 20.6 Å². The van der Waals surface area contributed by atoms with E-state index in [4.69, 9.17) is 0 Å². The number of rotatable bonds is 4. The summed E-state index contributed by atoms with van der Waals surface area (Å²) in [7, 11) is 4.30. The van der Waals surface area contributed by atoms with Crippen LogP contribution in [0.2, 0.25) is 0 Å². The SMILES string of the molecule is CN(C)C(C)(C)CNC1CCCc2ccccc21. The second-order valence-corrected chi connectivity index (χ2v) is 6.23. The molecule has 2 rings (SSSR count). The van der Waals surface area contributed by atoms with Crippen LogP contribution in [-0.4, -0.2) is 31.1 Å². The fourth-order valence-corrected chi connectivity index (χ4v) is 2.50.